The van der Waals surface area contributed by atoms with Crippen LogP contribution in [0.2, 0.25) is 0 Å². The quantitative estimate of drug-likeness (QED) is 0.443. The molecule has 4 rings (SSSR count). The van der Waals surface area contributed by atoms with E-state index in [1.54, 1.807) is 16.8 Å². The fourth-order valence-corrected chi connectivity index (χ4v) is 3.69. The van der Waals surface area contributed by atoms with Crippen LogP contribution in [0.15, 0.2) is 78.9 Å². The minimum Gasteiger partial charge on any atom is -0.348 e. The van der Waals surface area contributed by atoms with E-state index in [2.05, 4.69) is 15.7 Å². The Bertz CT molecular complexity index is 1270. The minimum absolute atomic E-state index is 0.147. The van der Waals surface area contributed by atoms with Crippen molar-refractivity contribution in [2.24, 2.45) is 0 Å². The maximum Gasteiger partial charge on any atom is 0.251 e. The Hall–Kier alpha value is -4.19. The third-order valence-corrected chi connectivity index (χ3v) is 5.37. The maximum atomic E-state index is 12.6. The van der Waals surface area contributed by atoms with Crippen molar-refractivity contribution in [3.05, 3.63) is 101 Å². The molecule has 0 fully saturated rings. The van der Waals surface area contributed by atoms with Gasteiger partial charge in [-0.05, 0) is 49.2 Å². The highest BCUT2D eigenvalue weighted by Gasteiger charge is 2.19. The second kappa shape index (κ2) is 9.53. The minimum atomic E-state index is -0.180. The first-order chi connectivity index (χ1) is 15.9. The molecule has 1 heterocycles. The SMILES string of the molecule is CC(=O)Nc1c(-c2ccccc2)c(C)nn1-c1ccc(C(=O)NCc2ccc(C)cc2)cc1. The molecule has 166 valence electrons. The molecule has 0 atom stereocenters. The van der Waals surface area contributed by atoms with Gasteiger partial charge in [-0.3, -0.25) is 9.59 Å². The lowest BCUT2D eigenvalue weighted by atomic mass is 10.1. The number of nitrogens with one attached hydrogen (secondary N) is 2. The van der Waals surface area contributed by atoms with Gasteiger partial charge in [0.05, 0.1) is 11.4 Å². The summed E-state index contributed by atoms with van der Waals surface area (Å²) in [6.45, 7) is 5.89. The normalized spacial score (nSPS) is 10.6. The smallest absolute Gasteiger partial charge is 0.251 e. The first-order valence-corrected chi connectivity index (χ1v) is 10.8. The summed E-state index contributed by atoms with van der Waals surface area (Å²) in [6, 6.07) is 25.1. The Morgan fingerprint density at radius 1 is 0.879 bits per heavy atom. The average Bonchev–Trinajstić information content (AvgIpc) is 3.14. The van der Waals surface area contributed by atoms with Crippen LogP contribution in [-0.4, -0.2) is 21.6 Å². The molecular weight excluding hydrogens is 412 g/mol. The van der Waals surface area contributed by atoms with Crippen molar-refractivity contribution in [1.82, 2.24) is 15.1 Å². The van der Waals surface area contributed by atoms with Crippen molar-refractivity contribution in [3.63, 3.8) is 0 Å². The fraction of sp³-hybridized carbons (Fsp3) is 0.148. The van der Waals surface area contributed by atoms with Crippen molar-refractivity contribution < 1.29 is 9.59 Å². The van der Waals surface area contributed by atoms with Crippen LogP contribution in [0, 0.1) is 13.8 Å². The van der Waals surface area contributed by atoms with Crippen molar-refractivity contribution in [3.8, 4) is 16.8 Å². The van der Waals surface area contributed by atoms with E-state index in [0.29, 0.717) is 17.9 Å². The molecule has 2 N–H and O–H groups in total. The van der Waals surface area contributed by atoms with Crippen LogP contribution in [0.25, 0.3) is 16.8 Å². The van der Waals surface area contributed by atoms with E-state index in [-0.39, 0.29) is 11.8 Å². The molecule has 2 amide bonds. The zero-order chi connectivity index (χ0) is 23.4. The molecule has 0 radical (unpaired) electrons. The Labute approximate surface area is 193 Å². The third-order valence-electron chi connectivity index (χ3n) is 5.37. The van der Waals surface area contributed by atoms with Gasteiger partial charge in [-0.1, -0.05) is 60.2 Å². The van der Waals surface area contributed by atoms with E-state index in [4.69, 9.17) is 0 Å². The van der Waals surface area contributed by atoms with Gasteiger partial charge in [0.25, 0.3) is 5.91 Å². The summed E-state index contributed by atoms with van der Waals surface area (Å²) in [5.74, 6) is 0.272. The first kappa shape index (κ1) is 22.0. The topological polar surface area (TPSA) is 76.0 Å². The Balaban J connectivity index is 1.58. The number of amides is 2. The molecule has 0 saturated carbocycles. The van der Waals surface area contributed by atoms with Crippen LogP contribution in [0.3, 0.4) is 0 Å². The summed E-state index contributed by atoms with van der Waals surface area (Å²) < 4.78 is 1.70. The molecule has 4 aromatic rings. The predicted octanol–water partition coefficient (Wildman–Crippen LogP) is 5.04. The number of aromatic nitrogens is 2. The molecule has 6 nitrogen and oxygen atoms in total. The summed E-state index contributed by atoms with van der Waals surface area (Å²) in [4.78, 5) is 24.5. The Morgan fingerprint density at radius 3 is 2.18 bits per heavy atom. The molecule has 6 heteroatoms. The summed E-state index contributed by atoms with van der Waals surface area (Å²) in [6.07, 6.45) is 0. The van der Waals surface area contributed by atoms with E-state index >= 15 is 0 Å². The molecular formula is C27H26N4O2. The number of hydrogen-bond donors (Lipinski definition) is 2. The standard InChI is InChI=1S/C27H26N4O2/c1-18-9-11-21(12-10-18)17-28-27(33)23-13-15-24(16-14-23)31-26(29-20(3)32)25(19(2)30-31)22-7-5-4-6-8-22/h4-16H,17H2,1-3H3,(H,28,33)(H,29,32). The zero-order valence-corrected chi connectivity index (χ0v) is 18.9. The third kappa shape index (κ3) is 5.01. The summed E-state index contributed by atoms with van der Waals surface area (Å²) in [7, 11) is 0. The number of aryl methyl sites for hydroxylation is 2. The lowest BCUT2D eigenvalue weighted by Gasteiger charge is -2.11. The molecule has 0 spiro atoms. The van der Waals surface area contributed by atoms with Crippen molar-refractivity contribution >= 4 is 17.6 Å². The largest absolute Gasteiger partial charge is 0.348 e. The van der Waals surface area contributed by atoms with Gasteiger partial charge in [-0.15, -0.1) is 0 Å². The number of rotatable bonds is 6. The van der Waals surface area contributed by atoms with Crippen LogP contribution in [-0.2, 0) is 11.3 Å². The summed E-state index contributed by atoms with van der Waals surface area (Å²) >= 11 is 0. The Morgan fingerprint density at radius 2 is 1.55 bits per heavy atom. The number of hydrogen-bond acceptors (Lipinski definition) is 3. The van der Waals surface area contributed by atoms with Gasteiger partial charge in [-0.25, -0.2) is 4.68 Å². The number of carbonyl (C=O) groups excluding carboxylic acids is 2. The van der Waals surface area contributed by atoms with Crippen LogP contribution < -0.4 is 10.6 Å². The molecule has 0 aliphatic heterocycles. The molecule has 0 saturated heterocycles. The van der Waals surface area contributed by atoms with Gasteiger partial charge in [-0.2, -0.15) is 5.10 Å². The highest BCUT2D eigenvalue weighted by atomic mass is 16.2. The zero-order valence-electron chi connectivity index (χ0n) is 18.9. The molecule has 0 aliphatic rings. The first-order valence-electron chi connectivity index (χ1n) is 10.8. The van der Waals surface area contributed by atoms with E-state index in [0.717, 1.165) is 28.1 Å². The van der Waals surface area contributed by atoms with Gasteiger partial charge < -0.3 is 10.6 Å². The van der Waals surface area contributed by atoms with Crippen molar-refractivity contribution in [2.45, 2.75) is 27.3 Å². The van der Waals surface area contributed by atoms with Crippen LogP contribution in [0.5, 0.6) is 0 Å². The van der Waals surface area contributed by atoms with Gasteiger partial charge in [0.1, 0.15) is 5.82 Å². The number of nitrogens with zero attached hydrogens (tertiary/aromatic N) is 2. The molecule has 3 aromatic carbocycles. The second-order valence-corrected chi connectivity index (χ2v) is 7.98. The molecule has 0 unspecified atom stereocenters. The van der Waals surface area contributed by atoms with E-state index in [1.165, 1.54) is 12.5 Å². The summed E-state index contributed by atoms with van der Waals surface area (Å²) in [5.41, 5.74) is 6.17. The highest BCUT2D eigenvalue weighted by Crippen LogP contribution is 2.33. The van der Waals surface area contributed by atoms with Crippen LogP contribution in [0.4, 0.5) is 5.82 Å². The number of carbonyl (C=O) groups is 2. The van der Waals surface area contributed by atoms with Crippen LogP contribution in [0.1, 0.15) is 34.1 Å². The second-order valence-electron chi connectivity index (χ2n) is 7.98. The molecule has 33 heavy (non-hydrogen) atoms. The van der Waals surface area contributed by atoms with Gasteiger partial charge in [0.2, 0.25) is 5.91 Å². The highest BCUT2D eigenvalue weighted by molar-refractivity contribution is 5.95. The van der Waals surface area contributed by atoms with Gasteiger partial charge in [0.15, 0.2) is 0 Å². The van der Waals surface area contributed by atoms with Crippen molar-refractivity contribution in [2.75, 3.05) is 5.32 Å². The number of benzene rings is 3. The van der Waals surface area contributed by atoms with E-state index in [9.17, 15) is 9.59 Å². The average molecular weight is 439 g/mol. The summed E-state index contributed by atoms with van der Waals surface area (Å²) in [5, 5.41) is 10.5. The van der Waals surface area contributed by atoms with E-state index in [1.807, 2.05) is 80.6 Å². The van der Waals surface area contributed by atoms with Gasteiger partial charge in [0, 0.05) is 24.6 Å². The van der Waals surface area contributed by atoms with Crippen molar-refractivity contribution in [1.29, 1.82) is 0 Å². The number of anilines is 1. The predicted molar refractivity (Wildman–Crippen MR) is 130 cm³/mol. The molecule has 0 bridgehead atoms. The monoisotopic (exact) mass is 438 g/mol. The lowest BCUT2D eigenvalue weighted by molar-refractivity contribution is -0.114. The van der Waals surface area contributed by atoms with Crippen LogP contribution >= 0.6 is 0 Å². The maximum absolute atomic E-state index is 12.6. The molecule has 1 aromatic heterocycles. The fourth-order valence-electron chi connectivity index (χ4n) is 3.69. The van der Waals surface area contributed by atoms with Gasteiger partial charge >= 0.3 is 0 Å². The van der Waals surface area contributed by atoms with E-state index < -0.39 is 0 Å². The lowest BCUT2D eigenvalue weighted by Crippen LogP contribution is -2.22. The Kier molecular flexibility index (Phi) is 6.36. The molecule has 0 aliphatic carbocycles.